The summed E-state index contributed by atoms with van der Waals surface area (Å²) in [5.74, 6) is 0. The van der Waals surface area contributed by atoms with Crippen LogP contribution in [0.3, 0.4) is 0 Å². The molecule has 1 aromatic rings. The minimum Gasteiger partial charge on any atom is -0.394 e. The quantitative estimate of drug-likeness (QED) is 0.698. The standard InChI is InChI=1S/C9H12ClNO4S/c10-8-3-1-2-4-9(8)16(14,15)11-5-7(13)6-12/h1-4,7,11-13H,5-6H2. The number of benzene rings is 1. The second kappa shape index (κ2) is 5.60. The van der Waals surface area contributed by atoms with Crippen molar-refractivity contribution in [1.29, 1.82) is 0 Å². The number of aliphatic hydroxyl groups excluding tert-OH is 2. The molecule has 0 aliphatic carbocycles. The van der Waals surface area contributed by atoms with Crippen molar-refractivity contribution in [3.8, 4) is 0 Å². The molecule has 0 aliphatic rings. The highest BCUT2D eigenvalue weighted by atomic mass is 35.5. The second-order valence-electron chi connectivity index (χ2n) is 3.12. The molecule has 0 heterocycles. The predicted molar refractivity (Wildman–Crippen MR) is 59.7 cm³/mol. The molecule has 3 N–H and O–H groups in total. The number of hydrogen-bond donors (Lipinski definition) is 3. The molecular weight excluding hydrogens is 254 g/mol. The zero-order valence-electron chi connectivity index (χ0n) is 8.30. The van der Waals surface area contributed by atoms with Crippen LogP contribution >= 0.6 is 11.6 Å². The third-order valence-corrected chi connectivity index (χ3v) is 3.77. The van der Waals surface area contributed by atoms with Gasteiger partial charge in [0.2, 0.25) is 10.0 Å². The summed E-state index contributed by atoms with van der Waals surface area (Å²) >= 11 is 5.73. The second-order valence-corrected chi connectivity index (χ2v) is 5.26. The van der Waals surface area contributed by atoms with E-state index in [1.165, 1.54) is 12.1 Å². The Bertz CT molecular complexity index is 449. The van der Waals surface area contributed by atoms with E-state index in [0.29, 0.717) is 0 Å². The van der Waals surface area contributed by atoms with E-state index < -0.39 is 22.7 Å². The van der Waals surface area contributed by atoms with E-state index in [-0.39, 0.29) is 16.5 Å². The summed E-state index contributed by atoms with van der Waals surface area (Å²) < 4.78 is 25.5. The van der Waals surface area contributed by atoms with Crippen LogP contribution in [0.1, 0.15) is 0 Å². The van der Waals surface area contributed by atoms with Crippen LogP contribution in [0.5, 0.6) is 0 Å². The van der Waals surface area contributed by atoms with Crippen molar-refractivity contribution in [3.63, 3.8) is 0 Å². The van der Waals surface area contributed by atoms with Gasteiger partial charge >= 0.3 is 0 Å². The average Bonchev–Trinajstić information content (AvgIpc) is 2.26. The first kappa shape index (κ1) is 13.4. The summed E-state index contributed by atoms with van der Waals surface area (Å²) in [5, 5.41) is 17.7. The summed E-state index contributed by atoms with van der Waals surface area (Å²) in [6.45, 7) is -0.769. The topological polar surface area (TPSA) is 86.6 Å². The maximum Gasteiger partial charge on any atom is 0.242 e. The van der Waals surface area contributed by atoms with Crippen molar-refractivity contribution in [1.82, 2.24) is 4.72 Å². The van der Waals surface area contributed by atoms with E-state index >= 15 is 0 Å². The molecule has 0 bridgehead atoms. The van der Waals surface area contributed by atoms with Crippen LogP contribution < -0.4 is 4.72 Å². The lowest BCUT2D eigenvalue weighted by molar-refractivity contribution is 0.0988. The number of nitrogens with one attached hydrogen (secondary N) is 1. The third kappa shape index (κ3) is 3.43. The Balaban J connectivity index is 2.83. The number of rotatable bonds is 5. The molecule has 0 aromatic heterocycles. The molecule has 16 heavy (non-hydrogen) atoms. The van der Waals surface area contributed by atoms with Crippen LogP contribution in [0.4, 0.5) is 0 Å². The van der Waals surface area contributed by atoms with Crippen molar-refractivity contribution in [3.05, 3.63) is 29.3 Å². The average molecular weight is 266 g/mol. The third-order valence-electron chi connectivity index (χ3n) is 1.85. The minimum absolute atomic E-state index is 0.0539. The molecule has 0 fully saturated rings. The Labute approximate surface area is 98.7 Å². The molecule has 1 rings (SSSR count). The molecular formula is C9H12ClNO4S. The zero-order valence-corrected chi connectivity index (χ0v) is 9.87. The van der Waals surface area contributed by atoms with Gasteiger partial charge in [0, 0.05) is 6.54 Å². The van der Waals surface area contributed by atoms with Gasteiger partial charge in [-0.05, 0) is 12.1 Å². The molecule has 7 heteroatoms. The number of sulfonamides is 1. The van der Waals surface area contributed by atoms with Crippen LogP contribution in [0.25, 0.3) is 0 Å². The van der Waals surface area contributed by atoms with Gasteiger partial charge in [0.15, 0.2) is 0 Å². The van der Waals surface area contributed by atoms with E-state index in [1.807, 2.05) is 0 Å². The summed E-state index contributed by atoms with van der Waals surface area (Å²) in [4.78, 5) is -0.0539. The van der Waals surface area contributed by atoms with E-state index in [2.05, 4.69) is 4.72 Å². The maximum absolute atomic E-state index is 11.7. The van der Waals surface area contributed by atoms with Crippen molar-refractivity contribution < 1.29 is 18.6 Å². The van der Waals surface area contributed by atoms with Gasteiger partial charge in [-0.15, -0.1) is 0 Å². The molecule has 0 aliphatic heterocycles. The Morgan fingerprint density at radius 1 is 1.38 bits per heavy atom. The first-order valence-corrected chi connectivity index (χ1v) is 6.36. The number of aliphatic hydroxyl groups is 2. The molecule has 1 atom stereocenters. The number of halogens is 1. The zero-order chi connectivity index (χ0) is 12.2. The van der Waals surface area contributed by atoms with Crippen LogP contribution in [-0.4, -0.2) is 37.9 Å². The smallest absolute Gasteiger partial charge is 0.242 e. The summed E-state index contributed by atoms with van der Waals surface area (Å²) in [5.41, 5.74) is 0. The van der Waals surface area contributed by atoms with Crippen molar-refractivity contribution in [2.24, 2.45) is 0 Å². The highest BCUT2D eigenvalue weighted by Crippen LogP contribution is 2.19. The Hall–Kier alpha value is -0.660. The summed E-state index contributed by atoms with van der Waals surface area (Å²) in [6.07, 6.45) is -1.13. The van der Waals surface area contributed by atoms with Crippen molar-refractivity contribution in [2.45, 2.75) is 11.0 Å². The van der Waals surface area contributed by atoms with E-state index in [4.69, 9.17) is 21.8 Å². The SMILES string of the molecule is O=S(=O)(NCC(O)CO)c1ccccc1Cl. The van der Waals surface area contributed by atoms with Crippen LogP contribution in [0.2, 0.25) is 5.02 Å². The summed E-state index contributed by atoms with van der Waals surface area (Å²) in [7, 11) is -3.75. The fourth-order valence-corrected chi connectivity index (χ4v) is 2.60. The van der Waals surface area contributed by atoms with Gasteiger partial charge in [-0.2, -0.15) is 0 Å². The fourth-order valence-electron chi connectivity index (χ4n) is 1.01. The monoisotopic (exact) mass is 265 g/mol. The lowest BCUT2D eigenvalue weighted by Crippen LogP contribution is -2.34. The molecule has 0 spiro atoms. The highest BCUT2D eigenvalue weighted by Gasteiger charge is 2.18. The molecule has 0 amide bonds. The minimum atomic E-state index is -3.75. The van der Waals surface area contributed by atoms with Gasteiger partial charge in [0.25, 0.3) is 0 Å². The van der Waals surface area contributed by atoms with E-state index in [0.717, 1.165) is 0 Å². The number of hydrogen-bond acceptors (Lipinski definition) is 4. The van der Waals surface area contributed by atoms with Gasteiger partial charge in [-0.25, -0.2) is 13.1 Å². The fraction of sp³-hybridized carbons (Fsp3) is 0.333. The van der Waals surface area contributed by atoms with Gasteiger partial charge in [0.1, 0.15) is 4.90 Å². The molecule has 1 unspecified atom stereocenters. The van der Waals surface area contributed by atoms with Gasteiger partial charge < -0.3 is 10.2 Å². The first-order chi connectivity index (χ1) is 7.47. The molecule has 0 radical (unpaired) electrons. The van der Waals surface area contributed by atoms with Crippen LogP contribution in [-0.2, 0) is 10.0 Å². The molecule has 0 saturated carbocycles. The van der Waals surface area contributed by atoms with Crippen molar-refractivity contribution >= 4 is 21.6 Å². The largest absolute Gasteiger partial charge is 0.394 e. The molecule has 5 nitrogen and oxygen atoms in total. The van der Waals surface area contributed by atoms with Gasteiger partial charge in [-0.1, -0.05) is 23.7 Å². The normalized spacial score (nSPS) is 13.7. The predicted octanol–water partition coefficient (Wildman–Crippen LogP) is -0.0285. The lowest BCUT2D eigenvalue weighted by atomic mass is 10.4. The van der Waals surface area contributed by atoms with Gasteiger partial charge in [-0.3, -0.25) is 0 Å². The summed E-state index contributed by atoms with van der Waals surface area (Å²) in [6, 6.07) is 5.97. The van der Waals surface area contributed by atoms with Crippen LogP contribution in [0, 0.1) is 0 Å². The first-order valence-electron chi connectivity index (χ1n) is 4.50. The molecule has 90 valence electrons. The molecule has 0 saturated heterocycles. The molecule has 1 aromatic carbocycles. The maximum atomic E-state index is 11.7. The Morgan fingerprint density at radius 2 is 2.00 bits per heavy atom. The Kier molecular flexibility index (Phi) is 4.69. The lowest BCUT2D eigenvalue weighted by Gasteiger charge is -2.10. The van der Waals surface area contributed by atoms with E-state index in [9.17, 15) is 8.42 Å². The Morgan fingerprint density at radius 3 is 2.56 bits per heavy atom. The van der Waals surface area contributed by atoms with Gasteiger partial charge in [0.05, 0.1) is 17.7 Å². The van der Waals surface area contributed by atoms with Crippen molar-refractivity contribution in [2.75, 3.05) is 13.2 Å². The van der Waals surface area contributed by atoms with E-state index in [1.54, 1.807) is 12.1 Å². The van der Waals surface area contributed by atoms with Crippen LogP contribution in [0.15, 0.2) is 29.2 Å². The highest BCUT2D eigenvalue weighted by molar-refractivity contribution is 7.89.